The Morgan fingerprint density at radius 3 is 2.64 bits per heavy atom. The summed E-state index contributed by atoms with van der Waals surface area (Å²) in [5.41, 5.74) is 6.57. The summed E-state index contributed by atoms with van der Waals surface area (Å²) in [6, 6.07) is 3.35. The molecule has 0 aliphatic carbocycles. The van der Waals surface area contributed by atoms with Gasteiger partial charge in [0, 0.05) is 12.4 Å². The van der Waals surface area contributed by atoms with Crippen LogP contribution in [0.4, 0.5) is 0 Å². The van der Waals surface area contributed by atoms with Crippen molar-refractivity contribution >= 4 is 5.78 Å². The normalized spacial score (nSPS) is 11.1. The van der Waals surface area contributed by atoms with Crippen LogP contribution in [0.3, 0.4) is 0 Å². The van der Waals surface area contributed by atoms with Crippen LogP contribution in [0.5, 0.6) is 0 Å². The van der Waals surface area contributed by atoms with Crippen LogP contribution >= 0.6 is 0 Å². The molecule has 0 radical (unpaired) electrons. The predicted octanol–water partition coefficient (Wildman–Crippen LogP) is 1.57. The van der Waals surface area contributed by atoms with Gasteiger partial charge in [0.25, 0.3) is 0 Å². The molecule has 1 atom stereocenters. The van der Waals surface area contributed by atoms with Crippen LogP contribution in [-0.4, -0.2) is 16.8 Å². The molecule has 1 heterocycles. The number of hydrogen-bond acceptors (Lipinski definition) is 3. The van der Waals surface area contributed by atoms with E-state index in [0.717, 1.165) is 5.56 Å². The summed E-state index contributed by atoms with van der Waals surface area (Å²) in [4.78, 5) is 14.7. The highest BCUT2D eigenvalue weighted by Gasteiger charge is 2.07. The number of nitrogens with two attached hydrogens (primary N) is 1. The number of rotatable bonds is 3. The third kappa shape index (κ3) is 4.72. The maximum atomic E-state index is 10.8. The molecule has 0 amide bonds. The largest absolute Gasteiger partial charge is 0.321 e. The lowest BCUT2D eigenvalue weighted by Gasteiger charge is -2.05. The molecule has 0 spiro atoms. The van der Waals surface area contributed by atoms with Crippen LogP contribution in [0.2, 0.25) is 0 Å². The average molecular weight is 194 g/mol. The summed E-state index contributed by atoms with van der Waals surface area (Å²) in [6.45, 7) is 5.50. The standard InChI is InChI=1S/C9H12N2O.C2H6/c1-7(12)9(10)5-8-3-2-4-11-6-8;1-2/h2-4,6,9H,5,10H2,1H3;1-2H3. The van der Waals surface area contributed by atoms with Crippen molar-refractivity contribution in [1.29, 1.82) is 0 Å². The fraction of sp³-hybridized carbons (Fsp3) is 0.455. The summed E-state index contributed by atoms with van der Waals surface area (Å²) in [7, 11) is 0. The van der Waals surface area contributed by atoms with Crippen molar-refractivity contribution in [2.75, 3.05) is 0 Å². The Morgan fingerprint density at radius 1 is 1.57 bits per heavy atom. The number of carbonyl (C=O) groups excluding carboxylic acids is 1. The molecule has 14 heavy (non-hydrogen) atoms. The van der Waals surface area contributed by atoms with Crippen LogP contribution in [0.15, 0.2) is 24.5 Å². The second-order valence-corrected chi connectivity index (χ2v) is 2.78. The van der Waals surface area contributed by atoms with Gasteiger partial charge in [-0.05, 0) is 25.0 Å². The molecule has 1 aromatic heterocycles. The Kier molecular flexibility index (Phi) is 6.58. The number of carbonyl (C=O) groups is 1. The smallest absolute Gasteiger partial charge is 0.146 e. The third-order valence-electron chi connectivity index (χ3n) is 1.70. The molecule has 1 aromatic rings. The highest BCUT2D eigenvalue weighted by molar-refractivity contribution is 5.81. The summed E-state index contributed by atoms with van der Waals surface area (Å²) < 4.78 is 0. The van der Waals surface area contributed by atoms with Gasteiger partial charge < -0.3 is 5.73 Å². The third-order valence-corrected chi connectivity index (χ3v) is 1.70. The molecule has 2 N–H and O–H groups in total. The molecule has 0 fully saturated rings. The zero-order valence-electron chi connectivity index (χ0n) is 9.03. The van der Waals surface area contributed by atoms with Gasteiger partial charge in [0.1, 0.15) is 5.78 Å². The first kappa shape index (κ1) is 12.8. The molecule has 3 heteroatoms. The Balaban J connectivity index is 0.000000791. The van der Waals surface area contributed by atoms with E-state index in [1.807, 2.05) is 26.0 Å². The van der Waals surface area contributed by atoms with Crippen LogP contribution < -0.4 is 5.73 Å². The summed E-state index contributed by atoms with van der Waals surface area (Å²) in [5, 5.41) is 0. The van der Waals surface area contributed by atoms with Gasteiger partial charge in [-0.15, -0.1) is 0 Å². The molecule has 0 aliphatic heterocycles. The SMILES string of the molecule is CC.CC(=O)C(N)Cc1cccnc1. The first-order valence-corrected chi connectivity index (χ1v) is 4.85. The van der Waals surface area contributed by atoms with Gasteiger partial charge in [0.05, 0.1) is 6.04 Å². The van der Waals surface area contributed by atoms with Gasteiger partial charge in [-0.1, -0.05) is 19.9 Å². The van der Waals surface area contributed by atoms with E-state index in [9.17, 15) is 4.79 Å². The van der Waals surface area contributed by atoms with Crippen LogP contribution in [0.1, 0.15) is 26.3 Å². The molecule has 0 bridgehead atoms. The van der Waals surface area contributed by atoms with Crippen molar-refractivity contribution in [3.8, 4) is 0 Å². The van der Waals surface area contributed by atoms with Gasteiger partial charge in [-0.3, -0.25) is 9.78 Å². The molecule has 0 aliphatic rings. The molecule has 0 saturated heterocycles. The number of nitrogens with zero attached hydrogens (tertiary/aromatic N) is 1. The Morgan fingerprint density at radius 2 is 2.21 bits per heavy atom. The maximum Gasteiger partial charge on any atom is 0.146 e. The van der Waals surface area contributed by atoms with E-state index in [2.05, 4.69) is 4.98 Å². The number of aromatic nitrogens is 1. The van der Waals surface area contributed by atoms with Gasteiger partial charge in [-0.2, -0.15) is 0 Å². The van der Waals surface area contributed by atoms with Crippen molar-refractivity contribution in [2.24, 2.45) is 5.73 Å². The van der Waals surface area contributed by atoms with Gasteiger partial charge in [0.2, 0.25) is 0 Å². The summed E-state index contributed by atoms with van der Waals surface area (Å²) in [5.74, 6) is 0.0128. The quantitative estimate of drug-likeness (QED) is 0.794. The Labute approximate surface area is 85.3 Å². The molecule has 3 nitrogen and oxygen atoms in total. The van der Waals surface area contributed by atoms with E-state index in [1.54, 1.807) is 12.4 Å². The molecular weight excluding hydrogens is 176 g/mol. The van der Waals surface area contributed by atoms with Gasteiger partial charge >= 0.3 is 0 Å². The lowest BCUT2D eigenvalue weighted by Crippen LogP contribution is -2.30. The summed E-state index contributed by atoms with van der Waals surface area (Å²) in [6.07, 6.45) is 3.99. The highest BCUT2D eigenvalue weighted by Crippen LogP contribution is 1.99. The van der Waals surface area contributed by atoms with Crippen molar-refractivity contribution in [1.82, 2.24) is 4.98 Å². The van der Waals surface area contributed by atoms with Gasteiger partial charge in [0.15, 0.2) is 0 Å². The second kappa shape index (κ2) is 7.21. The monoisotopic (exact) mass is 194 g/mol. The molecule has 0 aromatic carbocycles. The highest BCUT2D eigenvalue weighted by atomic mass is 16.1. The minimum atomic E-state index is -0.394. The Hall–Kier alpha value is -1.22. The minimum absolute atomic E-state index is 0.0128. The van der Waals surface area contributed by atoms with Crippen LogP contribution in [0.25, 0.3) is 0 Å². The lowest BCUT2D eigenvalue weighted by molar-refractivity contribution is -0.118. The second-order valence-electron chi connectivity index (χ2n) is 2.78. The number of pyridine rings is 1. The Bertz CT molecular complexity index is 259. The van der Waals surface area contributed by atoms with Crippen molar-refractivity contribution in [3.05, 3.63) is 30.1 Å². The molecule has 78 valence electrons. The van der Waals surface area contributed by atoms with E-state index in [1.165, 1.54) is 6.92 Å². The van der Waals surface area contributed by atoms with E-state index in [0.29, 0.717) is 6.42 Å². The maximum absolute atomic E-state index is 10.8. The van der Waals surface area contributed by atoms with E-state index in [-0.39, 0.29) is 5.78 Å². The molecule has 1 rings (SSSR count). The first-order valence-electron chi connectivity index (χ1n) is 4.85. The zero-order chi connectivity index (χ0) is 11.0. The van der Waals surface area contributed by atoms with E-state index >= 15 is 0 Å². The summed E-state index contributed by atoms with van der Waals surface area (Å²) >= 11 is 0. The van der Waals surface area contributed by atoms with Crippen LogP contribution in [-0.2, 0) is 11.2 Å². The van der Waals surface area contributed by atoms with E-state index < -0.39 is 6.04 Å². The first-order chi connectivity index (χ1) is 6.70. The minimum Gasteiger partial charge on any atom is -0.321 e. The average Bonchev–Trinajstić information content (AvgIpc) is 2.22. The fourth-order valence-electron chi connectivity index (χ4n) is 0.917. The zero-order valence-corrected chi connectivity index (χ0v) is 9.03. The van der Waals surface area contributed by atoms with Crippen molar-refractivity contribution in [3.63, 3.8) is 0 Å². The molecule has 1 unspecified atom stereocenters. The van der Waals surface area contributed by atoms with Crippen LogP contribution in [0, 0.1) is 0 Å². The van der Waals surface area contributed by atoms with Crippen molar-refractivity contribution < 1.29 is 4.79 Å². The lowest BCUT2D eigenvalue weighted by atomic mass is 10.1. The van der Waals surface area contributed by atoms with E-state index in [4.69, 9.17) is 5.73 Å². The number of ketones is 1. The number of hydrogen-bond donors (Lipinski definition) is 1. The molecule has 0 saturated carbocycles. The predicted molar refractivity (Wildman–Crippen MR) is 57.9 cm³/mol. The topological polar surface area (TPSA) is 56.0 Å². The fourth-order valence-corrected chi connectivity index (χ4v) is 0.917. The number of Topliss-reactive ketones (excluding diaryl/α,β-unsaturated/α-hetero) is 1. The molecular formula is C11H18N2O. The van der Waals surface area contributed by atoms with Gasteiger partial charge in [-0.25, -0.2) is 0 Å². The van der Waals surface area contributed by atoms with Crippen molar-refractivity contribution in [2.45, 2.75) is 33.2 Å².